The Balaban J connectivity index is 1.88. The number of benzene rings is 2. The summed E-state index contributed by atoms with van der Waals surface area (Å²) in [5.41, 5.74) is 8.90. The highest BCUT2D eigenvalue weighted by molar-refractivity contribution is 6.37. The second kappa shape index (κ2) is 6.20. The van der Waals surface area contributed by atoms with Crippen LogP contribution in [0, 0.1) is 0 Å². The lowest BCUT2D eigenvalue weighted by molar-refractivity contribution is 0.307. The molecular formula is C17H17ClN2O. The summed E-state index contributed by atoms with van der Waals surface area (Å²) in [6, 6.07) is 13.9. The SMILES string of the molecule is NCCc1c[nH]c2ccc(OCc3ccccc3)c(Cl)c12. The molecule has 0 aliphatic carbocycles. The molecule has 108 valence electrons. The minimum absolute atomic E-state index is 0.503. The zero-order valence-corrected chi connectivity index (χ0v) is 12.4. The van der Waals surface area contributed by atoms with E-state index in [2.05, 4.69) is 4.98 Å². The molecule has 21 heavy (non-hydrogen) atoms. The number of H-pyrrole nitrogens is 1. The smallest absolute Gasteiger partial charge is 0.139 e. The van der Waals surface area contributed by atoms with Gasteiger partial charge in [-0.25, -0.2) is 0 Å². The van der Waals surface area contributed by atoms with E-state index in [1.165, 1.54) is 0 Å². The molecule has 2 aromatic carbocycles. The summed E-state index contributed by atoms with van der Waals surface area (Å²) >= 11 is 6.50. The summed E-state index contributed by atoms with van der Waals surface area (Å²) in [5, 5.41) is 1.65. The molecule has 0 aliphatic rings. The maximum absolute atomic E-state index is 6.50. The van der Waals surface area contributed by atoms with Crippen molar-refractivity contribution >= 4 is 22.5 Å². The normalized spacial score (nSPS) is 11.0. The van der Waals surface area contributed by atoms with Gasteiger partial charge >= 0.3 is 0 Å². The Morgan fingerprint density at radius 3 is 2.67 bits per heavy atom. The average Bonchev–Trinajstić information content (AvgIpc) is 2.92. The van der Waals surface area contributed by atoms with Gasteiger partial charge < -0.3 is 15.5 Å². The van der Waals surface area contributed by atoms with E-state index < -0.39 is 0 Å². The highest BCUT2D eigenvalue weighted by Gasteiger charge is 2.12. The molecule has 0 atom stereocenters. The van der Waals surface area contributed by atoms with Crippen LogP contribution in [0.3, 0.4) is 0 Å². The van der Waals surface area contributed by atoms with Gasteiger partial charge in [0.1, 0.15) is 12.4 Å². The number of fused-ring (bicyclic) bond motifs is 1. The van der Waals surface area contributed by atoms with Crippen molar-refractivity contribution in [3.8, 4) is 5.75 Å². The number of ether oxygens (including phenoxy) is 1. The van der Waals surface area contributed by atoms with Gasteiger partial charge in [0.2, 0.25) is 0 Å². The van der Waals surface area contributed by atoms with E-state index in [0.717, 1.165) is 28.5 Å². The van der Waals surface area contributed by atoms with Gasteiger partial charge in [0.05, 0.1) is 5.02 Å². The number of nitrogens with two attached hydrogens (primary N) is 1. The fraction of sp³-hybridized carbons (Fsp3) is 0.176. The highest BCUT2D eigenvalue weighted by Crippen LogP contribution is 2.35. The van der Waals surface area contributed by atoms with Crippen molar-refractivity contribution in [3.05, 3.63) is 64.8 Å². The topological polar surface area (TPSA) is 51.0 Å². The number of hydrogen-bond donors (Lipinski definition) is 2. The summed E-state index contributed by atoms with van der Waals surface area (Å²) in [5.74, 6) is 0.700. The lowest BCUT2D eigenvalue weighted by Crippen LogP contribution is -2.02. The molecule has 3 aromatic rings. The van der Waals surface area contributed by atoms with Crippen LogP contribution in [0.1, 0.15) is 11.1 Å². The fourth-order valence-corrected chi connectivity index (χ4v) is 2.77. The predicted octanol–water partition coefficient (Wildman–Crippen LogP) is 3.90. The van der Waals surface area contributed by atoms with Crippen molar-refractivity contribution in [3.63, 3.8) is 0 Å². The van der Waals surface area contributed by atoms with E-state index in [1.807, 2.05) is 48.7 Å². The molecule has 0 saturated carbocycles. The van der Waals surface area contributed by atoms with Gasteiger partial charge in [0, 0.05) is 17.1 Å². The van der Waals surface area contributed by atoms with Crippen LogP contribution in [-0.4, -0.2) is 11.5 Å². The number of aromatic nitrogens is 1. The first kappa shape index (κ1) is 14.0. The Labute approximate surface area is 128 Å². The lowest BCUT2D eigenvalue weighted by Gasteiger charge is -2.09. The third-order valence-electron chi connectivity index (χ3n) is 3.48. The van der Waals surface area contributed by atoms with Crippen LogP contribution >= 0.6 is 11.6 Å². The van der Waals surface area contributed by atoms with E-state index in [1.54, 1.807) is 0 Å². The molecule has 3 N–H and O–H groups in total. The Bertz CT molecular complexity index is 737. The molecule has 0 bridgehead atoms. The second-order valence-corrected chi connectivity index (χ2v) is 5.31. The van der Waals surface area contributed by atoms with E-state index >= 15 is 0 Å². The first-order chi connectivity index (χ1) is 10.3. The van der Waals surface area contributed by atoms with Crippen LogP contribution in [0.4, 0.5) is 0 Å². The number of rotatable bonds is 5. The third kappa shape index (κ3) is 2.89. The van der Waals surface area contributed by atoms with E-state index in [0.29, 0.717) is 23.9 Å². The monoisotopic (exact) mass is 300 g/mol. The maximum atomic E-state index is 6.50. The van der Waals surface area contributed by atoms with Gasteiger partial charge in [0.25, 0.3) is 0 Å². The molecule has 0 amide bonds. The van der Waals surface area contributed by atoms with Crippen LogP contribution in [0.25, 0.3) is 10.9 Å². The van der Waals surface area contributed by atoms with E-state index in [-0.39, 0.29) is 0 Å². The van der Waals surface area contributed by atoms with Crippen molar-refractivity contribution < 1.29 is 4.74 Å². The third-order valence-corrected chi connectivity index (χ3v) is 3.86. The molecule has 0 fully saturated rings. The molecular weight excluding hydrogens is 284 g/mol. The Morgan fingerprint density at radius 1 is 1.10 bits per heavy atom. The summed E-state index contributed by atoms with van der Waals surface area (Å²) in [6.07, 6.45) is 2.76. The van der Waals surface area contributed by atoms with Gasteiger partial charge in [-0.15, -0.1) is 0 Å². The highest BCUT2D eigenvalue weighted by atomic mass is 35.5. The number of aromatic amines is 1. The van der Waals surface area contributed by atoms with Crippen LogP contribution in [-0.2, 0) is 13.0 Å². The minimum atomic E-state index is 0.503. The van der Waals surface area contributed by atoms with Gasteiger partial charge in [-0.2, -0.15) is 0 Å². The lowest BCUT2D eigenvalue weighted by atomic mass is 10.1. The average molecular weight is 301 g/mol. The first-order valence-corrected chi connectivity index (χ1v) is 7.32. The van der Waals surface area contributed by atoms with Crippen molar-refractivity contribution in [1.82, 2.24) is 4.98 Å². The zero-order chi connectivity index (χ0) is 14.7. The van der Waals surface area contributed by atoms with E-state index in [9.17, 15) is 0 Å². The molecule has 3 rings (SSSR count). The maximum Gasteiger partial charge on any atom is 0.139 e. The van der Waals surface area contributed by atoms with Crippen LogP contribution in [0.2, 0.25) is 5.02 Å². The first-order valence-electron chi connectivity index (χ1n) is 6.95. The largest absolute Gasteiger partial charge is 0.487 e. The quantitative estimate of drug-likeness (QED) is 0.751. The standard InChI is InChI=1S/C17H17ClN2O/c18-17-15(21-11-12-4-2-1-3-5-12)7-6-14-16(17)13(8-9-19)10-20-14/h1-7,10,20H,8-9,11,19H2. The molecule has 0 saturated heterocycles. The molecule has 0 radical (unpaired) electrons. The Hall–Kier alpha value is -1.97. The van der Waals surface area contributed by atoms with Crippen LogP contribution in [0.15, 0.2) is 48.7 Å². The molecule has 0 aliphatic heterocycles. The van der Waals surface area contributed by atoms with Crippen molar-refractivity contribution in [2.45, 2.75) is 13.0 Å². The number of hydrogen-bond acceptors (Lipinski definition) is 2. The van der Waals surface area contributed by atoms with Gasteiger partial charge in [-0.05, 0) is 36.2 Å². The molecule has 0 spiro atoms. The molecule has 1 heterocycles. The molecule has 3 nitrogen and oxygen atoms in total. The van der Waals surface area contributed by atoms with Crippen LogP contribution in [0.5, 0.6) is 5.75 Å². The van der Waals surface area contributed by atoms with Gasteiger partial charge in [-0.1, -0.05) is 41.9 Å². The van der Waals surface area contributed by atoms with Gasteiger partial charge in [0.15, 0.2) is 0 Å². The van der Waals surface area contributed by atoms with Crippen LogP contribution < -0.4 is 10.5 Å². The fourth-order valence-electron chi connectivity index (χ4n) is 2.43. The number of nitrogens with one attached hydrogen (secondary N) is 1. The summed E-state index contributed by atoms with van der Waals surface area (Å²) < 4.78 is 5.86. The van der Waals surface area contributed by atoms with Gasteiger partial charge in [-0.3, -0.25) is 0 Å². The zero-order valence-electron chi connectivity index (χ0n) is 11.6. The Kier molecular flexibility index (Phi) is 4.13. The Morgan fingerprint density at radius 2 is 1.90 bits per heavy atom. The summed E-state index contributed by atoms with van der Waals surface area (Å²) in [7, 11) is 0. The van der Waals surface area contributed by atoms with Crippen molar-refractivity contribution in [2.24, 2.45) is 5.73 Å². The van der Waals surface area contributed by atoms with Crippen molar-refractivity contribution in [2.75, 3.05) is 6.54 Å². The predicted molar refractivity (Wildman–Crippen MR) is 86.8 cm³/mol. The molecule has 1 aromatic heterocycles. The van der Waals surface area contributed by atoms with E-state index in [4.69, 9.17) is 22.1 Å². The minimum Gasteiger partial charge on any atom is -0.487 e. The summed E-state index contributed by atoms with van der Waals surface area (Å²) in [4.78, 5) is 3.22. The second-order valence-electron chi connectivity index (χ2n) is 4.93. The molecule has 4 heteroatoms. The summed E-state index contributed by atoms with van der Waals surface area (Å²) in [6.45, 7) is 1.10. The van der Waals surface area contributed by atoms with Crippen molar-refractivity contribution in [1.29, 1.82) is 0 Å². The number of halogens is 1. The molecule has 0 unspecified atom stereocenters.